The smallest absolute Gasteiger partial charge is 0.302 e. The van der Waals surface area contributed by atoms with Gasteiger partial charge < -0.3 is 4.74 Å². The summed E-state index contributed by atoms with van der Waals surface area (Å²) in [5, 5.41) is 0. The Morgan fingerprint density at radius 2 is 2.10 bits per heavy atom. The van der Waals surface area contributed by atoms with Crippen molar-refractivity contribution in [1.29, 1.82) is 0 Å². The summed E-state index contributed by atoms with van der Waals surface area (Å²) in [5.74, 6) is 0.0811. The molecule has 54 valence electrons. The molecule has 0 amide bonds. The lowest BCUT2D eigenvalue weighted by molar-refractivity contribution is -0.141. The summed E-state index contributed by atoms with van der Waals surface area (Å²) in [4.78, 5) is 10.3. The quantitative estimate of drug-likeness (QED) is 0.537. The van der Waals surface area contributed by atoms with E-state index in [2.05, 4.69) is 0 Å². The second-order valence-corrected chi connectivity index (χ2v) is 2.24. The predicted octanol–water partition coefficient (Wildman–Crippen LogP) is 1.29. The van der Waals surface area contributed by atoms with Crippen molar-refractivity contribution in [3.63, 3.8) is 0 Å². The normalized spacial score (nSPS) is 16.1. The van der Waals surface area contributed by atoms with E-state index in [1.807, 2.05) is 24.3 Å². The number of hydrogen-bond donors (Lipinski definition) is 0. The van der Waals surface area contributed by atoms with Crippen LogP contribution in [0.25, 0.3) is 0 Å². The molecule has 0 aliphatic heterocycles. The zero-order valence-corrected chi connectivity index (χ0v) is 5.91. The van der Waals surface area contributed by atoms with E-state index in [-0.39, 0.29) is 5.97 Å². The molecule has 0 aromatic carbocycles. The van der Waals surface area contributed by atoms with Gasteiger partial charge in [-0.1, -0.05) is 24.3 Å². The molecule has 0 saturated carbocycles. The summed E-state index contributed by atoms with van der Waals surface area (Å²) in [6.07, 6.45) is 7.91. The minimum atomic E-state index is -0.214. The third kappa shape index (κ3) is 2.05. The standard InChI is InChI=1S/C8H10O2/c1-7(9)10-6-8-4-2-3-5-8/h2-5,8H,6H2,1H3. The second-order valence-electron chi connectivity index (χ2n) is 2.24. The molecule has 0 aromatic heterocycles. The Labute approximate surface area is 60.2 Å². The first kappa shape index (κ1) is 7.06. The van der Waals surface area contributed by atoms with Gasteiger partial charge in [-0.05, 0) is 0 Å². The monoisotopic (exact) mass is 138 g/mol. The molecule has 1 rings (SSSR count). The number of ether oxygens (including phenoxy) is 1. The molecule has 2 heteroatoms. The molecule has 0 spiro atoms. The van der Waals surface area contributed by atoms with Crippen molar-refractivity contribution in [3.8, 4) is 0 Å². The summed E-state index contributed by atoms with van der Waals surface area (Å²) < 4.78 is 4.78. The van der Waals surface area contributed by atoms with Gasteiger partial charge in [-0.25, -0.2) is 0 Å². The third-order valence-electron chi connectivity index (χ3n) is 1.31. The number of rotatable bonds is 2. The van der Waals surface area contributed by atoms with Crippen LogP contribution in [0.3, 0.4) is 0 Å². The van der Waals surface area contributed by atoms with Crippen LogP contribution in [0, 0.1) is 5.92 Å². The predicted molar refractivity (Wildman–Crippen MR) is 38.4 cm³/mol. The molecule has 0 saturated heterocycles. The molecular weight excluding hydrogens is 128 g/mol. The van der Waals surface area contributed by atoms with Crippen molar-refractivity contribution in [3.05, 3.63) is 24.3 Å². The highest BCUT2D eigenvalue weighted by Crippen LogP contribution is 2.08. The molecular formula is C8H10O2. The van der Waals surface area contributed by atoms with Crippen LogP contribution in [0.2, 0.25) is 0 Å². The Bertz CT molecular complexity index is 168. The van der Waals surface area contributed by atoms with Crippen LogP contribution in [-0.4, -0.2) is 12.6 Å². The zero-order chi connectivity index (χ0) is 7.40. The van der Waals surface area contributed by atoms with Gasteiger partial charge in [0.15, 0.2) is 0 Å². The molecule has 0 heterocycles. The summed E-state index contributed by atoms with van der Waals surface area (Å²) in [5.41, 5.74) is 0. The number of hydrogen-bond acceptors (Lipinski definition) is 2. The molecule has 0 aromatic rings. The highest BCUT2D eigenvalue weighted by molar-refractivity contribution is 5.65. The van der Waals surface area contributed by atoms with E-state index in [1.165, 1.54) is 6.92 Å². The first-order valence-electron chi connectivity index (χ1n) is 3.27. The van der Waals surface area contributed by atoms with Crippen LogP contribution in [-0.2, 0) is 9.53 Å². The third-order valence-corrected chi connectivity index (χ3v) is 1.31. The van der Waals surface area contributed by atoms with Gasteiger partial charge in [-0.2, -0.15) is 0 Å². The molecule has 0 N–H and O–H groups in total. The van der Waals surface area contributed by atoms with Crippen LogP contribution < -0.4 is 0 Å². The minimum Gasteiger partial charge on any atom is -0.465 e. The number of carbonyl (C=O) groups excluding carboxylic acids is 1. The maximum atomic E-state index is 10.3. The second kappa shape index (κ2) is 3.20. The first-order chi connectivity index (χ1) is 4.79. The van der Waals surface area contributed by atoms with Crippen molar-refractivity contribution in [2.75, 3.05) is 6.61 Å². The van der Waals surface area contributed by atoms with Gasteiger partial charge in [0.2, 0.25) is 0 Å². The molecule has 0 fully saturated rings. The average molecular weight is 138 g/mol. The number of carbonyl (C=O) groups is 1. The Hall–Kier alpha value is -1.05. The van der Waals surface area contributed by atoms with E-state index in [1.54, 1.807) is 0 Å². The number of esters is 1. The summed E-state index contributed by atoms with van der Waals surface area (Å²) in [6, 6.07) is 0. The van der Waals surface area contributed by atoms with E-state index >= 15 is 0 Å². The Balaban J connectivity index is 2.20. The van der Waals surface area contributed by atoms with Gasteiger partial charge in [0.1, 0.15) is 6.61 Å². The van der Waals surface area contributed by atoms with E-state index in [4.69, 9.17) is 4.74 Å². The summed E-state index contributed by atoms with van der Waals surface area (Å²) in [7, 11) is 0. The number of allylic oxidation sites excluding steroid dienone is 2. The Morgan fingerprint density at radius 3 is 2.60 bits per heavy atom. The maximum Gasteiger partial charge on any atom is 0.302 e. The van der Waals surface area contributed by atoms with Crippen LogP contribution in [0.4, 0.5) is 0 Å². The van der Waals surface area contributed by atoms with Gasteiger partial charge in [0.25, 0.3) is 0 Å². The Kier molecular flexibility index (Phi) is 2.26. The van der Waals surface area contributed by atoms with Crippen molar-refractivity contribution in [1.82, 2.24) is 0 Å². The molecule has 0 bridgehead atoms. The Morgan fingerprint density at radius 1 is 1.50 bits per heavy atom. The van der Waals surface area contributed by atoms with Gasteiger partial charge in [-0.15, -0.1) is 0 Å². The molecule has 1 aliphatic rings. The van der Waals surface area contributed by atoms with Crippen LogP contribution >= 0.6 is 0 Å². The van der Waals surface area contributed by atoms with Gasteiger partial charge >= 0.3 is 5.97 Å². The molecule has 0 unspecified atom stereocenters. The van der Waals surface area contributed by atoms with Crippen molar-refractivity contribution >= 4 is 5.97 Å². The molecule has 2 nitrogen and oxygen atoms in total. The van der Waals surface area contributed by atoms with Gasteiger partial charge in [0, 0.05) is 12.8 Å². The highest BCUT2D eigenvalue weighted by atomic mass is 16.5. The molecule has 1 aliphatic carbocycles. The van der Waals surface area contributed by atoms with Crippen molar-refractivity contribution in [2.45, 2.75) is 6.92 Å². The summed E-state index contributed by atoms with van der Waals surface area (Å²) in [6.45, 7) is 1.89. The fourth-order valence-electron chi connectivity index (χ4n) is 0.803. The maximum absolute atomic E-state index is 10.3. The van der Waals surface area contributed by atoms with Crippen molar-refractivity contribution < 1.29 is 9.53 Å². The fraction of sp³-hybridized carbons (Fsp3) is 0.375. The first-order valence-corrected chi connectivity index (χ1v) is 3.27. The van der Waals surface area contributed by atoms with Crippen molar-refractivity contribution in [2.24, 2.45) is 5.92 Å². The minimum absolute atomic E-state index is 0.214. The largest absolute Gasteiger partial charge is 0.465 e. The van der Waals surface area contributed by atoms with Gasteiger partial charge in [-0.3, -0.25) is 4.79 Å². The SMILES string of the molecule is CC(=O)OCC1C=CC=C1. The molecule has 0 atom stereocenters. The van der Waals surface area contributed by atoms with Crippen LogP contribution in [0.1, 0.15) is 6.92 Å². The van der Waals surface area contributed by atoms with Gasteiger partial charge in [0.05, 0.1) is 0 Å². The fourth-order valence-corrected chi connectivity index (χ4v) is 0.803. The molecule has 10 heavy (non-hydrogen) atoms. The lowest BCUT2D eigenvalue weighted by Crippen LogP contribution is -2.06. The van der Waals surface area contributed by atoms with E-state index in [0.29, 0.717) is 12.5 Å². The topological polar surface area (TPSA) is 26.3 Å². The molecule has 0 radical (unpaired) electrons. The van der Waals surface area contributed by atoms with E-state index in [0.717, 1.165) is 0 Å². The van der Waals surface area contributed by atoms with E-state index < -0.39 is 0 Å². The highest BCUT2D eigenvalue weighted by Gasteiger charge is 2.04. The van der Waals surface area contributed by atoms with Crippen LogP contribution in [0.5, 0.6) is 0 Å². The zero-order valence-electron chi connectivity index (χ0n) is 5.91. The summed E-state index contributed by atoms with van der Waals surface area (Å²) >= 11 is 0. The lowest BCUT2D eigenvalue weighted by atomic mass is 10.2. The van der Waals surface area contributed by atoms with Crippen LogP contribution in [0.15, 0.2) is 24.3 Å². The average Bonchev–Trinajstić information content (AvgIpc) is 2.34. The van der Waals surface area contributed by atoms with E-state index in [9.17, 15) is 4.79 Å². The lowest BCUT2D eigenvalue weighted by Gasteiger charge is -2.03.